The summed E-state index contributed by atoms with van der Waals surface area (Å²) in [5.41, 5.74) is 0.338. The first-order valence-electron chi connectivity index (χ1n) is 6.81. The lowest BCUT2D eigenvalue weighted by atomic mass is 9.86. The van der Waals surface area contributed by atoms with Crippen molar-refractivity contribution in [2.75, 3.05) is 0 Å². The number of nitrogens with zero attached hydrogens (tertiary/aromatic N) is 1. The molecule has 2 rings (SSSR count). The summed E-state index contributed by atoms with van der Waals surface area (Å²) < 4.78 is 64.5. The van der Waals surface area contributed by atoms with Gasteiger partial charge >= 0.3 is 6.18 Å². The highest BCUT2D eigenvalue weighted by molar-refractivity contribution is 7.89. The zero-order chi connectivity index (χ0) is 16.4. The van der Waals surface area contributed by atoms with E-state index in [4.69, 9.17) is 5.26 Å². The largest absolute Gasteiger partial charge is 0.391 e. The summed E-state index contributed by atoms with van der Waals surface area (Å²) in [5.74, 6) is -1.34. The number of nitrogens with one attached hydrogen (secondary N) is 1. The highest BCUT2D eigenvalue weighted by atomic mass is 32.2. The van der Waals surface area contributed by atoms with Gasteiger partial charge in [0, 0.05) is 6.04 Å². The van der Waals surface area contributed by atoms with E-state index in [9.17, 15) is 21.6 Å². The number of hydrogen-bond acceptors (Lipinski definition) is 3. The minimum absolute atomic E-state index is 0.00412. The molecule has 0 bridgehead atoms. The molecule has 1 fully saturated rings. The lowest BCUT2D eigenvalue weighted by Gasteiger charge is -2.30. The van der Waals surface area contributed by atoms with Gasteiger partial charge in [-0.3, -0.25) is 0 Å². The molecule has 0 aromatic heterocycles. The van der Waals surface area contributed by atoms with E-state index in [0.717, 1.165) is 0 Å². The first-order chi connectivity index (χ1) is 10.2. The van der Waals surface area contributed by atoms with E-state index in [1.807, 2.05) is 6.07 Å². The van der Waals surface area contributed by atoms with Gasteiger partial charge in [0.15, 0.2) is 0 Å². The van der Waals surface area contributed by atoms with Gasteiger partial charge in [0.2, 0.25) is 10.0 Å². The summed E-state index contributed by atoms with van der Waals surface area (Å²) in [7, 11) is -3.78. The lowest BCUT2D eigenvalue weighted by Crippen LogP contribution is -2.39. The summed E-state index contributed by atoms with van der Waals surface area (Å²) in [5, 5.41) is 8.68. The molecule has 0 aliphatic heterocycles. The second kappa shape index (κ2) is 6.26. The van der Waals surface area contributed by atoms with Crippen molar-refractivity contribution in [1.29, 1.82) is 5.26 Å². The third-order valence-corrected chi connectivity index (χ3v) is 5.34. The van der Waals surface area contributed by atoms with Crippen molar-refractivity contribution in [3.8, 4) is 6.07 Å². The van der Waals surface area contributed by atoms with Crippen molar-refractivity contribution in [2.24, 2.45) is 5.92 Å². The Hall–Kier alpha value is -1.59. The zero-order valence-electron chi connectivity index (χ0n) is 11.6. The molecule has 0 amide bonds. The number of benzene rings is 1. The van der Waals surface area contributed by atoms with Crippen LogP contribution < -0.4 is 4.72 Å². The Labute approximate surface area is 127 Å². The van der Waals surface area contributed by atoms with Gasteiger partial charge in [-0.15, -0.1) is 0 Å². The van der Waals surface area contributed by atoms with Crippen LogP contribution in [0.1, 0.15) is 31.2 Å². The summed E-state index contributed by atoms with van der Waals surface area (Å²) in [6.45, 7) is 0. The van der Waals surface area contributed by atoms with Crippen LogP contribution >= 0.6 is 0 Å². The molecule has 1 saturated carbocycles. The second-order valence-electron chi connectivity index (χ2n) is 5.35. The Morgan fingerprint density at radius 2 is 1.64 bits per heavy atom. The fourth-order valence-electron chi connectivity index (χ4n) is 2.53. The zero-order valence-corrected chi connectivity index (χ0v) is 12.4. The van der Waals surface area contributed by atoms with Gasteiger partial charge in [-0.1, -0.05) is 0 Å². The molecule has 22 heavy (non-hydrogen) atoms. The van der Waals surface area contributed by atoms with Gasteiger partial charge in [0.05, 0.1) is 22.4 Å². The maximum absolute atomic E-state index is 12.6. The van der Waals surface area contributed by atoms with E-state index in [1.165, 1.54) is 24.3 Å². The van der Waals surface area contributed by atoms with Crippen molar-refractivity contribution in [2.45, 2.75) is 42.8 Å². The predicted molar refractivity (Wildman–Crippen MR) is 73.3 cm³/mol. The Bertz CT molecular complexity index is 655. The molecule has 1 aromatic carbocycles. The fourth-order valence-corrected chi connectivity index (χ4v) is 3.84. The standard InChI is InChI=1S/C14H15F3N2O2S/c15-14(16,17)11-3-5-12(6-4-11)19-22(20,21)13-7-1-10(9-18)2-8-13/h1-2,7-8,11-12,19H,3-6H2. The van der Waals surface area contributed by atoms with E-state index in [0.29, 0.717) is 5.56 Å². The molecule has 0 unspecified atom stereocenters. The quantitative estimate of drug-likeness (QED) is 0.925. The highest BCUT2D eigenvalue weighted by Crippen LogP contribution is 2.37. The van der Waals surface area contributed by atoms with Crippen LogP contribution in [0, 0.1) is 17.2 Å². The molecule has 4 nitrogen and oxygen atoms in total. The van der Waals surface area contributed by atoms with Crippen molar-refractivity contribution in [1.82, 2.24) is 4.72 Å². The normalized spacial score (nSPS) is 23.0. The van der Waals surface area contributed by atoms with Crippen LogP contribution in [0.25, 0.3) is 0 Å². The SMILES string of the molecule is N#Cc1ccc(S(=O)(=O)NC2CCC(C(F)(F)F)CC2)cc1. The first kappa shape index (κ1) is 16.8. The van der Waals surface area contributed by atoms with Crippen LogP contribution in [0.2, 0.25) is 0 Å². The maximum Gasteiger partial charge on any atom is 0.391 e. The monoisotopic (exact) mass is 332 g/mol. The lowest BCUT2D eigenvalue weighted by molar-refractivity contribution is -0.182. The van der Waals surface area contributed by atoms with Gasteiger partial charge in [0.25, 0.3) is 0 Å². The van der Waals surface area contributed by atoms with Gasteiger partial charge < -0.3 is 0 Å². The van der Waals surface area contributed by atoms with Crippen molar-refractivity contribution >= 4 is 10.0 Å². The Balaban J connectivity index is 2.00. The molecule has 1 N–H and O–H groups in total. The van der Waals surface area contributed by atoms with Crippen LogP contribution in [0.5, 0.6) is 0 Å². The first-order valence-corrected chi connectivity index (χ1v) is 8.30. The highest BCUT2D eigenvalue weighted by Gasteiger charge is 2.41. The number of halogens is 3. The maximum atomic E-state index is 12.6. The van der Waals surface area contributed by atoms with Crippen LogP contribution in [-0.4, -0.2) is 20.6 Å². The molecule has 1 aromatic rings. The summed E-state index contributed by atoms with van der Waals surface area (Å²) in [6.07, 6.45) is -4.01. The Morgan fingerprint density at radius 3 is 2.09 bits per heavy atom. The molecular weight excluding hydrogens is 317 g/mol. The van der Waals surface area contributed by atoms with E-state index >= 15 is 0 Å². The molecule has 0 atom stereocenters. The number of nitriles is 1. The molecule has 0 spiro atoms. The van der Waals surface area contributed by atoms with E-state index < -0.39 is 28.2 Å². The van der Waals surface area contributed by atoms with Crippen LogP contribution in [0.4, 0.5) is 13.2 Å². The molecule has 0 saturated heterocycles. The molecule has 8 heteroatoms. The molecule has 1 aliphatic rings. The molecule has 1 aliphatic carbocycles. The number of sulfonamides is 1. The van der Waals surface area contributed by atoms with Gasteiger partial charge in [-0.05, 0) is 49.9 Å². The third kappa shape index (κ3) is 3.99. The van der Waals surface area contributed by atoms with Crippen LogP contribution in [0.15, 0.2) is 29.2 Å². The van der Waals surface area contributed by atoms with Crippen LogP contribution in [0.3, 0.4) is 0 Å². The van der Waals surface area contributed by atoms with E-state index in [-0.39, 0.29) is 30.6 Å². The summed E-state index contributed by atoms with van der Waals surface area (Å²) >= 11 is 0. The van der Waals surface area contributed by atoms with Gasteiger partial charge in [-0.25, -0.2) is 13.1 Å². The topological polar surface area (TPSA) is 70.0 Å². The number of rotatable bonds is 3. The summed E-state index contributed by atoms with van der Waals surface area (Å²) in [6, 6.07) is 6.78. The fraction of sp³-hybridized carbons (Fsp3) is 0.500. The van der Waals surface area contributed by atoms with Crippen LogP contribution in [-0.2, 0) is 10.0 Å². The molecule has 0 heterocycles. The Kier molecular flexibility index (Phi) is 4.78. The van der Waals surface area contributed by atoms with Gasteiger partial charge in [-0.2, -0.15) is 18.4 Å². The second-order valence-corrected chi connectivity index (χ2v) is 7.06. The van der Waals surface area contributed by atoms with Gasteiger partial charge in [0.1, 0.15) is 0 Å². The van der Waals surface area contributed by atoms with E-state index in [2.05, 4.69) is 4.72 Å². The smallest absolute Gasteiger partial charge is 0.208 e. The van der Waals surface area contributed by atoms with Crippen molar-refractivity contribution < 1.29 is 21.6 Å². The molecule has 120 valence electrons. The Morgan fingerprint density at radius 1 is 1.09 bits per heavy atom. The number of alkyl halides is 3. The van der Waals surface area contributed by atoms with Crippen molar-refractivity contribution in [3.63, 3.8) is 0 Å². The summed E-state index contributed by atoms with van der Waals surface area (Å²) in [4.78, 5) is 0.00412. The molecular formula is C14H15F3N2O2S. The predicted octanol–water partition coefficient (Wildman–Crippen LogP) is 2.96. The van der Waals surface area contributed by atoms with E-state index in [1.54, 1.807) is 0 Å². The minimum Gasteiger partial charge on any atom is -0.208 e. The average molecular weight is 332 g/mol. The van der Waals surface area contributed by atoms with Crippen molar-refractivity contribution in [3.05, 3.63) is 29.8 Å². The molecule has 0 radical (unpaired) electrons. The average Bonchev–Trinajstić information content (AvgIpc) is 2.46. The number of hydrogen-bond donors (Lipinski definition) is 1. The third-order valence-electron chi connectivity index (χ3n) is 3.81. The minimum atomic E-state index is -4.21.